The fraction of sp³-hybridized carbons (Fsp3) is 0.542. The number of ether oxygens (including phenoxy) is 1. The molecule has 1 heterocycles. The van der Waals surface area contributed by atoms with Gasteiger partial charge in [0.2, 0.25) is 0 Å². The van der Waals surface area contributed by atoms with E-state index in [0.29, 0.717) is 25.0 Å². The SMILES string of the molecule is O=C(O)CC1CN(Cc2ccc3c(C(F)(F)F)c(OC4CCC(C(F)(F)F)CC4)ccc3c2)C1. The van der Waals surface area contributed by atoms with E-state index >= 15 is 0 Å². The monoisotopic (exact) mass is 489 g/mol. The van der Waals surface area contributed by atoms with Crippen LogP contribution in [-0.2, 0) is 17.5 Å². The second-order valence-corrected chi connectivity index (χ2v) is 9.28. The van der Waals surface area contributed by atoms with Crippen molar-refractivity contribution < 1.29 is 41.0 Å². The Morgan fingerprint density at radius 2 is 1.68 bits per heavy atom. The predicted octanol–water partition coefficient (Wildman–Crippen LogP) is 6.27. The minimum Gasteiger partial charge on any atom is -0.490 e. The largest absolute Gasteiger partial charge is 0.490 e. The molecule has 2 aromatic carbocycles. The second kappa shape index (κ2) is 9.28. The molecule has 4 nitrogen and oxygen atoms in total. The molecule has 1 aliphatic carbocycles. The van der Waals surface area contributed by atoms with Gasteiger partial charge in [-0.1, -0.05) is 18.2 Å². The summed E-state index contributed by atoms with van der Waals surface area (Å²) in [5, 5.41) is 9.21. The first-order valence-corrected chi connectivity index (χ1v) is 11.2. The Kier molecular flexibility index (Phi) is 6.72. The van der Waals surface area contributed by atoms with Crippen molar-refractivity contribution in [2.45, 2.75) is 57.1 Å². The van der Waals surface area contributed by atoms with Crippen LogP contribution < -0.4 is 4.74 Å². The zero-order valence-electron chi connectivity index (χ0n) is 18.3. The number of hydrogen-bond acceptors (Lipinski definition) is 3. The minimum absolute atomic E-state index is 0.0231. The number of benzene rings is 2. The zero-order valence-corrected chi connectivity index (χ0v) is 18.3. The summed E-state index contributed by atoms with van der Waals surface area (Å²) in [7, 11) is 0. The van der Waals surface area contributed by atoms with Crippen LogP contribution in [0.15, 0.2) is 30.3 Å². The van der Waals surface area contributed by atoms with Crippen LogP contribution in [0.2, 0.25) is 0 Å². The maximum absolute atomic E-state index is 14.0. The molecule has 2 aliphatic rings. The van der Waals surface area contributed by atoms with Gasteiger partial charge in [0.1, 0.15) is 11.3 Å². The molecule has 0 amide bonds. The number of aliphatic carboxylic acids is 1. The van der Waals surface area contributed by atoms with E-state index in [1.807, 2.05) is 4.90 Å². The van der Waals surface area contributed by atoms with Crippen molar-refractivity contribution in [2.75, 3.05) is 13.1 Å². The lowest BCUT2D eigenvalue weighted by Crippen LogP contribution is -2.46. The summed E-state index contributed by atoms with van der Waals surface area (Å²) >= 11 is 0. The van der Waals surface area contributed by atoms with Gasteiger partial charge >= 0.3 is 18.3 Å². The fourth-order valence-corrected chi connectivity index (χ4v) is 4.98. The number of hydrogen-bond donors (Lipinski definition) is 1. The molecule has 0 bridgehead atoms. The molecule has 0 radical (unpaired) electrons. The maximum Gasteiger partial charge on any atom is 0.420 e. The van der Waals surface area contributed by atoms with Gasteiger partial charge in [-0.05, 0) is 60.1 Å². The van der Waals surface area contributed by atoms with Crippen LogP contribution in [0, 0.1) is 11.8 Å². The third-order valence-corrected chi connectivity index (χ3v) is 6.66. The molecule has 186 valence electrons. The summed E-state index contributed by atoms with van der Waals surface area (Å²) in [6, 6.07) is 7.47. The van der Waals surface area contributed by atoms with Crippen molar-refractivity contribution in [3.63, 3.8) is 0 Å². The first kappa shape index (κ1) is 24.6. The molecule has 10 heteroatoms. The lowest BCUT2D eigenvalue weighted by Gasteiger charge is -2.38. The maximum atomic E-state index is 14.0. The third kappa shape index (κ3) is 5.59. The first-order valence-electron chi connectivity index (χ1n) is 11.2. The van der Waals surface area contributed by atoms with Gasteiger partial charge < -0.3 is 9.84 Å². The first-order chi connectivity index (χ1) is 15.9. The summed E-state index contributed by atoms with van der Waals surface area (Å²) in [6.07, 6.45) is -9.79. The van der Waals surface area contributed by atoms with E-state index in [9.17, 15) is 31.1 Å². The van der Waals surface area contributed by atoms with Crippen LogP contribution in [0.5, 0.6) is 5.75 Å². The van der Waals surface area contributed by atoms with Crippen LogP contribution in [0.3, 0.4) is 0 Å². The minimum atomic E-state index is -4.69. The summed E-state index contributed by atoms with van der Waals surface area (Å²) in [5.41, 5.74) is -0.103. The standard InChI is InChI=1S/C24H25F6NO3/c25-23(26,27)17-3-5-18(6-4-17)34-20-8-2-16-9-14(1-7-19(16)22(20)24(28,29)30)11-31-12-15(13-31)10-21(32)33/h1-2,7-9,15,17-18H,3-6,10-13H2,(H,32,33). The highest BCUT2D eigenvalue weighted by atomic mass is 19.4. The highest BCUT2D eigenvalue weighted by Gasteiger charge is 2.42. The molecule has 1 N–H and O–H groups in total. The molecule has 2 fully saturated rings. The number of nitrogens with zero attached hydrogens (tertiary/aromatic N) is 1. The molecule has 0 aromatic heterocycles. The Balaban J connectivity index is 1.49. The van der Waals surface area contributed by atoms with Crippen molar-refractivity contribution in [3.05, 3.63) is 41.5 Å². The van der Waals surface area contributed by atoms with Gasteiger partial charge in [-0.3, -0.25) is 9.69 Å². The van der Waals surface area contributed by atoms with Gasteiger partial charge in [-0.25, -0.2) is 0 Å². The summed E-state index contributed by atoms with van der Waals surface area (Å²) in [6.45, 7) is 1.76. The number of carbonyl (C=O) groups is 1. The molecule has 1 saturated heterocycles. The highest BCUT2D eigenvalue weighted by molar-refractivity contribution is 5.89. The van der Waals surface area contributed by atoms with Crippen molar-refractivity contribution in [1.29, 1.82) is 0 Å². The average Bonchev–Trinajstić information content (AvgIpc) is 2.70. The van der Waals surface area contributed by atoms with E-state index in [-0.39, 0.29) is 49.2 Å². The number of likely N-dealkylation sites (tertiary alicyclic amines) is 1. The molecule has 0 unspecified atom stereocenters. The molecule has 2 aromatic rings. The van der Waals surface area contributed by atoms with Gasteiger partial charge in [-0.2, -0.15) is 26.3 Å². The molecule has 1 aliphatic heterocycles. The third-order valence-electron chi connectivity index (χ3n) is 6.66. The molecule has 34 heavy (non-hydrogen) atoms. The van der Waals surface area contributed by atoms with E-state index in [2.05, 4.69) is 0 Å². The molecule has 0 spiro atoms. The Bertz CT molecular complexity index is 1040. The smallest absolute Gasteiger partial charge is 0.420 e. The number of carboxylic acid groups (broad SMARTS) is 1. The van der Waals surface area contributed by atoms with Crippen LogP contribution in [0.1, 0.15) is 43.2 Å². The lowest BCUT2D eigenvalue weighted by molar-refractivity contribution is -0.185. The molecular weight excluding hydrogens is 464 g/mol. The van der Waals surface area contributed by atoms with Crippen molar-refractivity contribution in [1.82, 2.24) is 4.90 Å². The molecular formula is C24H25F6NO3. The summed E-state index contributed by atoms with van der Waals surface area (Å²) in [5.74, 6) is -2.56. The topological polar surface area (TPSA) is 49.8 Å². The highest BCUT2D eigenvalue weighted by Crippen LogP contribution is 2.44. The molecule has 0 atom stereocenters. The number of halogens is 6. The number of fused-ring (bicyclic) bond motifs is 1. The van der Waals surface area contributed by atoms with E-state index < -0.39 is 35.9 Å². The van der Waals surface area contributed by atoms with Gasteiger partial charge in [0, 0.05) is 19.6 Å². The van der Waals surface area contributed by atoms with Crippen molar-refractivity contribution in [3.8, 4) is 5.75 Å². The second-order valence-electron chi connectivity index (χ2n) is 9.28. The molecule has 4 rings (SSSR count). The zero-order chi connectivity index (χ0) is 24.7. The Morgan fingerprint density at radius 1 is 1.00 bits per heavy atom. The number of carboxylic acids is 1. The number of alkyl halides is 6. The normalized spacial score (nSPS) is 22.5. The van der Waals surface area contributed by atoms with Crippen molar-refractivity contribution in [2.24, 2.45) is 11.8 Å². The van der Waals surface area contributed by atoms with E-state index in [1.165, 1.54) is 18.2 Å². The fourth-order valence-electron chi connectivity index (χ4n) is 4.98. The van der Waals surface area contributed by atoms with Gasteiger partial charge in [0.25, 0.3) is 0 Å². The Hall–Kier alpha value is -2.49. The lowest BCUT2D eigenvalue weighted by atomic mass is 9.87. The van der Waals surface area contributed by atoms with E-state index in [0.717, 1.165) is 5.56 Å². The summed E-state index contributed by atoms with van der Waals surface area (Å²) < 4.78 is 86.2. The quantitative estimate of drug-likeness (QED) is 0.487. The summed E-state index contributed by atoms with van der Waals surface area (Å²) in [4.78, 5) is 12.8. The van der Waals surface area contributed by atoms with Crippen LogP contribution >= 0.6 is 0 Å². The van der Waals surface area contributed by atoms with Crippen LogP contribution in [0.25, 0.3) is 10.8 Å². The number of rotatable bonds is 6. The molecule has 1 saturated carbocycles. The van der Waals surface area contributed by atoms with Gasteiger partial charge in [0.05, 0.1) is 18.4 Å². The van der Waals surface area contributed by atoms with Gasteiger partial charge in [-0.15, -0.1) is 0 Å². The van der Waals surface area contributed by atoms with Crippen molar-refractivity contribution >= 4 is 16.7 Å². The van der Waals surface area contributed by atoms with E-state index in [1.54, 1.807) is 12.1 Å². The van der Waals surface area contributed by atoms with Crippen LogP contribution in [-0.4, -0.2) is 41.3 Å². The predicted molar refractivity (Wildman–Crippen MR) is 112 cm³/mol. The average molecular weight is 489 g/mol. The van der Waals surface area contributed by atoms with Gasteiger partial charge in [0.15, 0.2) is 0 Å². The Labute approximate surface area is 192 Å². The van der Waals surface area contributed by atoms with Crippen LogP contribution in [0.4, 0.5) is 26.3 Å². The van der Waals surface area contributed by atoms with E-state index in [4.69, 9.17) is 9.84 Å². The Morgan fingerprint density at radius 3 is 2.26 bits per heavy atom.